The van der Waals surface area contributed by atoms with Crippen LogP contribution in [0.5, 0.6) is 0 Å². The van der Waals surface area contributed by atoms with Gasteiger partial charge in [0.15, 0.2) is 5.82 Å². The van der Waals surface area contributed by atoms with Gasteiger partial charge in [-0.1, -0.05) is 18.6 Å². The van der Waals surface area contributed by atoms with Gasteiger partial charge in [0.25, 0.3) is 11.7 Å². The number of benzene rings is 1. The molecule has 4 aromatic rings. The average Bonchev–Trinajstić information content (AvgIpc) is 3.27. The van der Waals surface area contributed by atoms with Crippen LogP contribution in [0.25, 0.3) is 17.2 Å². The fourth-order valence-corrected chi connectivity index (χ4v) is 3.62. The van der Waals surface area contributed by atoms with Crippen LogP contribution in [-0.2, 0) is 13.0 Å². The summed E-state index contributed by atoms with van der Waals surface area (Å²) in [5.74, 6) is 1.96. The summed E-state index contributed by atoms with van der Waals surface area (Å²) in [5.41, 5.74) is 2.43. The highest BCUT2D eigenvalue weighted by molar-refractivity contribution is 6.02. The molecule has 0 unspecified atom stereocenters. The summed E-state index contributed by atoms with van der Waals surface area (Å²) < 4.78 is 3.74. The average molecular weight is 388 g/mol. The number of carbonyl (C=O) groups excluding carboxylic acids is 1. The monoisotopic (exact) mass is 388 g/mol. The van der Waals surface area contributed by atoms with E-state index in [1.807, 2.05) is 37.3 Å². The van der Waals surface area contributed by atoms with E-state index in [4.69, 9.17) is 0 Å². The molecule has 1 amide bonds. The summed E-state index contributed by atoms with van der Waals surface area (Å²) in [6.45, 7) is 2.81. The summed E-state index contributed by atoms with van der Waals surface area (Å²) in [7, 11) is 0. The highest BCUT2D eigenvalue weighted by atomic mass is 16.2. The predicted octanol–water partition coefficient (Wildman–Crippen LogP) is 2.67. The molecular weight excluding hydrogens is 368 g/mol. The second kappa shape index (κ2) is 7.08. The molecule has 0 saturated heterocycles. The first-order valence-corrected chi connectivity index (χ1v) is 9.71. The van der Waals surface area contributed by atoms with E-state index in [0.717, 1.165) is 48.7 Å². The van der Waals surface area contributed by atoms with Crippen LogP contribution in [0, 0.1) is 6.92 Å². The number of anilines is 1. The van der Waals surface area contributed by atoms with Crippen molar-refractivity contribution in [2.75, 3.05) is 5.32 Å². The number of hydrogen-bond acceptors (Lipinski definition) is 6. The first kappa shape index (κ1) is 17.5. The largest absolute Gasteiger partial charge is 0.319 e. The van der Waals surface area contributed by atoms with E-state index in [1.165, 1.54) is 6.42 Å². The number of hydrogen-bond donors (Lipinski definition) is 1. The van der Waals surface area contributed by atoms with Gasteiger partial charge in [-0.3, -0.25) is 4.79 Å². The lowest BCUT2D eigenvalue weighted by Gasteiger charge is -2.09. The van der Waals surface area contributed by atoms with Gasteiger partial charge in [0.05, 0.1) is 0 Å². The summed E-state index contributed by atoms with van der Waals surface area (Å²) in [5, 5.41) is 15.9. The highest BCUT2D eigenvalue weighted by Gasteiger charge is 2.18. The Kier molecular flexibility index (Phi) is 4.27. The lowest BCUT2D eigenvalue weighted by Crippen LogP contribution is -2.14. The van der Waals surface area contributed by atoms with Gasteiger partial charge in [-0.25, -0.2) is 9.50 Å². The Balaban J connectivity index is 1.42. The molecule has 0 radical (unpaired) electrons. The molecule has 1 aliphatic heterocycles. The Morgan fingerprint density at radius 1 is 1.14 bits per heavy atom. The number of carbonyl (C=O) groups is 1. The number of fused-ring (bicyclic) bond motifs is 2. The molecule has 0 aliphatic carbocycles. The van der Waals surface area contributed by atoms with Crippen molar-refractivity contribution in [2.24, 2.45) is 0 Å². The van der Waals surface area contributed by atoms with Crippen molar-refractivity contribution in [1.29, 1.82) is 0 Å². The van der Waals surface area contributed by atoms with Crippen molar-refractivity contribution in [2.45, 2.75) is 39.2 Å². The van der Waals surface area contributed by atoms with E-state index in [0.29, 0.717) is 11.5 Å². The molecule has 146 valence electrons. The Morgan fingerprint density at radius 3 is 2.97 bits per heavy atom. The van der Waals surface area contributed by atoms with Crippen LogP contribution in [0.2, 0.25) is 0 Å². The van der Waals surface area contributed by atoms with Gasteiger partial charge in [0, 0.05) is 36.1 Å². The predicted molar refractivity (Wildman–Crippen MR) is 106 cm³/mol. The van der Waals surface area contributed by atoms with Crippen LogP contribution in [0.1, 0.15) is 41.4 Å². The lowest BCUT2D eigenvalue weighted by atomic mass is 10.2. The lowest BCUT2D eigenvalue weighted by molar-refractivity contribution is 0.101. The van der Waals surface area contributed by atoms with Gasteiger partial charge < -0.3 is 9.88 Å². The summed E-state index contributed by atoms with van der Waals surface area (Å²) >= 11 is 0. The fraction of sp³-hybridized carbons (Fsp3) is 0.300. The topological polar surface area (TPSA) is 103 Å². The standard InChI is InChI=1S/C20H20N8O/c1-13-9-10-21-20-23-17(26-28(13)20)19(29)22-15-7-5-6-14(12-15)18-25-24-16-8-3-2-4-11-27(16)18/h5-7,9-10,12H,2-4,8,11H2,1H3,(H,22,29). The second-order valence-electron chi connectivity index (χ2n) is 7.17. The van der Waals surface area contributed by atoms with Gasteiger partial charge in [-0.05, 0) is 38.0 Å². The van der Waals surface area contributed by atoms with Gasteiger partial charge in [-0.15, -0.1) is 15.3 Å². The highest BCUT2D eigenvalue weighted by Crippen LogP contribution is 2.25. The van der Waals surface area contributed by atoms with E-state index < -0.39 is 0 Å². The Hall–Kier alpha value is -3.62. The minimum Gasteiger partial charge on any atom is -0.319 e. The van der Waals surface area contributed by atoms with E-state index in [2.05, 4.69) is 35.1 Å². The molecule has 1 N–H and O–H groups in total. The first-order valence-electron chi connectivity index (χ1n) is 9.71. The number of aryl methyl sites for hydroxylation is 2. The molecular formula is C20H20N8O. The van der Waals surface area contributed by atoms with Crippen LogP contribution in [-0.4, -0.2) is 40.3 Å². The van der Waals surface area contributed by atoms with Crippen molar-refractivity contribution in [3.05, 3.63) is 53.9 Å². The van der Waals surface area contributed by atoms with Gasteiger partial charge in [0.1, 0.15) is 5.82 Å². The van der Waals surface area contributed by atoms with E-state index in [9.17, 15) is 4.79 Å². The molecule has 1 aromatic carbocycles. The van der Waals surface area contributed by atoms with Crippen molar-refractivity contribution in [3.63, 3.8) is 0 Å². The summed E-state index contributed by atoms with van der Waals surface area (Å²) in [4.78, 5) is 21.0. The zero-order valence-corrected chi connectivity index (χ0v) is 16.0. The van der Waals surface area contributed by atoms with Crippen LogP contribution >= 0.6 is 0 Å². The van der Waals surface area contributed by atoms with Crippen molar-refractivity contribution < 1.29 is 4.79 Å². The van der Waals surface area contributed by atoms with Gasteiger partial charge in [-0.2, -0.15) is 4.98 Å². The first-order chi connectivity index (χ1) is 14.2. The van der Waals surface area contributed by atoms with E-state index in [1.54, 1.807) is 10.7 Å². The Bertz CT molecular complexity index is 1210. The SMILES string of the molecule is Cc1ccnc2nc(C(=O)Nc3cccc(-c4nnc5n4CCCCC5)c3)nn12. The smallest absolute Gasteiger partial charge is 0.295 e. The third kappa shape index (κ3) is 3.24. The number of nitrogens with zero attached hydrogens (tertiary/aromatic N) is 7. The zero-order valence-electron chi connectivity index (χ0n) is 16.0. The van der Waals surface area contributed by atoms with Gasteiger partial charge >= 0.3 is 0 Å². The maximum atomic E-state index is 12.7. The molecule has 0 bridgehead atoms. The third-order valence-electron chi connectivity index (χ3n) is 5.12. The second-order valence-corrected chi connectivity index (χ2v) is 7.17. The van der Waals surface area contributed by atoms with E-state index in [-0.39, 0.29) is 11.7 Å². The molecule has 9 nitrogen and oxygen atoms in total. The van der Waals surface area contributed by atoms with Crippen molar-refractivity contribution in [1.82, 2.24) is 34.3 Å². The van der Waals surface area contributed by atoms with Crippen molar-refractivity contribution >= 4 is 17.4 Å². The molecule has 1 aliphatic rings. The molecule has 3 aromatic heterocycles. The fourth-order valence-electron chi connectivity index (χ4n) is 3.62. The molecule has 9 heteroatoms. The minimum absolute atomic E-state index is 0.0774. The third-order valence-corrected chi connectivity index (χ3v) is 5.12. The van der Waals surface area contributed by atoms with Crippen molar-refractivity contribution in [3.8, 4) is 11.4 Å². The molecule has 5 rings (SSSR count). The molecule has 0 saturated carbocycles. The molecule has 0 spiro atoms. The van der Waals surface area contributed by atoms with Crippen LogP contribution < -0.4 is 5.32 Å². The number of aromatic nitrogens is 7. The van der Waals surface area contributed by atoms with Crippen LogP contribution in [0.15, 0.2) is 36.5 Å². The van der Waals surface area contributed by atoms with E-state index >= 15 is 0 Å². The van der Waals surface area contributed by atoms with Gasteiger partial charge in [0.2, 0.25) is 5.82 Å². The maximum Gasteiger partial charge on any atom is 0.295 e. The number of rotatable bonds is 3. The number of amides is 1. The Labute approximate surface area is 166 Å². The van der Waals surface area contributed by atoms with Crippen LogP contribution in [0.4, 0.5) is 5.69 Å². The number of nitrogens with one attached hydrogen (secondary N) is 1. The molecule has 4 heterocycles. The summed E-state index contributed by atoms with van der Waals surface area (Å²) in [6.07, 6.45) is 6.08. The molecule has 0 atom stereocenters. The minimum atomic E-state index is -0.382. The molecule has 0 fully saturated rings. The quantitative estimate of drug-likeness (QED) is 0.579. The Morgan fingerprint density at radius 2 is 2.07 bits per heavy atom. The maximum absolute atomic E-state index is 12.7. The summed E-state index contributed by atoms with van der Waals surface area (Å²) in [6, 6.07) is 9.43. The molecule has 29 heavy (non-hydrogen) atoms. The van der Waals surface area contributed by atoms with Crippen LogP contribution in [0.3, 0.4) is 0 Å². The zero-order chi connectivity index (χ0) is 19.8. The normalized spacial score (nSPS) is 13.8.